The van der Waals surface area contributed by atoms with Gasteiger partial charge in [0.25, 0.3) is 5.69 Å². The van der Waals surface area contributed by atoms with Crippen molar-refractivity contribution < 1.29 is 31.6 Å². The summed E-state index contributed by atoms with van der Waals surface area (Å²) >= 11 is 0. The van der Waals surface area contributed by atoms with Crippen molar-refractivity contribution in [2.75, 3.05) is 24.5 Å². The van der Waals surface area contributed by atoms with E-state index in [2.05, 4.69) is 0 Å². The summed E-state index contributed by atoms with van der Waals surface area (Å²) in [6.45, 7) is 3.11. The molecule has 3 rings (SSSR count). The first-order valence-corrected chi connectivity index (χ1v) is 11.1. The molecule has 0 aromatic heterocycles. The minimum Gasteiger partial charge on any atom is -0.376 e. The van der Waals surface area contributed by atoms with Gasteiger partial charge in [-0.2, -0.15) is 17.5 Å². The number of rotatable bonds is 5. The molecule has 1 aliphatic rings. The normalized spacial score (nSPS) is 20.1. The third-order valence-corrected chi connectivity index (χ3v) is 7.60. The zero-order valence-corrected chi connectivity index (χ0v) is 18.1. The average molecular weight is 473 g/mol. The molecule has 1 N–H and O–H groups in total. The van der Waals surface area contributed by atoms with Crippen LogP contribution < -0.4 is 4.90 Å². The van der Waals surface area contributed by atoms with E-state index in [-0.39, 0.29) is 17.1 Å². The van der Waals surface area contributed by atoms with Crippen molar-refractivity contribution in [2.24, 2.45) is 0 Å². The van der Waals surface area contributed by atoms with E-state index >= 15 is 0 Å². The molecule has 2 atom stereocenters. The SMILES string of the molecule is C[C@@H]1CN(c2ccc([N+](=O)[O-])cc2)CCN1S(=O)(=O)c1ccc([C@@](C)(O)C(F)(F)F)cc1. The number of nitro benzene ring substituents is 1. The maximum absolute atomic E-state index is 13.1. The lowest BCUT2D eigenvalue weighted by atomic mass is 9.96. The Morgan fingerprint density at radius 2 is 1.62 bits per heavy atom. The van der Waals surface area contributed by atoms with Crippen LogP contribution in [0.3, 0.4) is 0 Å². The third kappa shape index (κ3) is 4.43. The van der Waals surface area contributed by atoms with E-state index < -0.39 is 38.3 Å². The van der Waals surface area contributed by atoms with Crippen LogP contribution in [-0.2, 0) is 15.6 Å². The molecule has 0 radical (unpaired) electrons. The van der Waals surface area contributed by atoms with E-state index in [1.807, 2.05) is 4.90 Å². The fourth-order valence-electron chi connectivity index (χ4n) is 3.57. The summed E-state index contributed by atoms with van der Waals surface area (Å²) in [6, 6.07) is 9.51. The summed E-state index contributed by atoms with van der Waals surface area (Å²) in [5.74, 6) is 0. The van der Waals surface area contributed by atoms with Gasteiger partial charge in [-0.25, -0.2) is 8.42 Å². The smallest absolute Gasteiger partial charge is 0.376 e. The van der Waals surface area contributed by atoms with Gasteiger partial charge in [-0.3, -0.25) is 10.1 Å². The molecule has 0 unspecified atom stereocenters. The lowest BCUT2D eigenvalue weighted by Gasteiger charge is -2.40. The Morgan fingerprint density at radius 1 is 1.06 bits per heavy atom. The summed E-state index contributed by atoms with van der Waals surface area (Å²) in [5, 5.41) is 20.6. The predicted octanol–water partition coefficient (Wildman–Crippen LogP) is 3.26. The monoisotopic (exact) mass is 473 g/mol. The van der Waals surface area contributed by atoms with Gasteiger partial charge in [0.2, 0.25) is 10.0 Å². The van der Waals surface area contributed by atoms with Crippen LogP contribution in [0.5, 0.6) is 0 Å². The number of nitro groups is 1. The maximum Gasteiger partial charge on any atom is 0.421 e. The highest BCUT2D eigenvalue weighted by Gasteiger charge is 2.51. The van der Waals surface area contributed by atoms with Gasteiger partial charge >= 0.3 is 6.18 Å². The quantitative estimate of drug-likeness (QED) is 0.528. The Hall–Kier alpha value is -2.70. The molecule has 1 fully saturated rings. The highest BCUT2D eigenvalue weighted by molar-refractivity contribution is 7.89. The third-order valence-electron chi connectivity index (χ3n) is 5.57. The van der Waals surface area contributed by atoms with Crippen molar-refractivity contribution in [1.82, 2.24) is 4.31 Å². The molecule has 8 nitrogen and oxygen atoms in total. The van der Waals surface area contributed by atoms with Gasteiger partial charge in [0.05, 0.1) is 9.82 Å². The van der Waals surface area contributed by atoms with Crippen molar-refractivity contribution in [3.05, 3.63) is 64.2 Å². The Morgan fingerprint density at radius 3 is 2.09 bits per heavy atom. The minimum atomic E-state index is -4.91. The standard InChI is InChI=1S/C20H22F3N3O5S/c1-14-13-24(16-5-7-17(8-6-16)26(28)29)11-12-25(14)32(30,31)18-9-3-15(4-10-18)19(2,27)20(21,22)23/h3-10,14,27H,11-13H2,1-2H3/t14-,19-/m1/s1. The topological polar surface area (TPSA) is 104 Å². The van der Waals surface area contributed by atoms with Crippen molar-refractivity contribution in [1.29, 1.82) is 0 Å². The zero-order chi connectivity index (χ0) is 23.9. The van der Waals surface area contributed by atoms with Crippen LogP contribution in [0.2, 0.25) is 0 Å². The highest BCUT2D eigenvalue weighted by Crippen LogP contribution is 2.38. The first kappa shape index (κ1) is 24.0. The number of benzene rings is 2. The number of anilines is 1. The molecule has 0 spiro atoms. The number of hydrogen-bond acceptors (Lipinski definition) is 6. The molecular formula is C20H22F3N3O5S. The molecule has 0 bridgehead atoms. The second-order valence-electron chi connectivity index (χ2n) is 7.78. The molecule has 0 aliphatic carbocycles. The Labute approximate surface area is 183 Å². The summed E-state index contributed by atoms with van der Waals surface area (Å²) in [4.78, 5) is 12.0. The fraction of sp³-hybridized carbons (Fsp3) is 0.400. The summed E-state index contributed by atoms with van der Waals surface area (Å²) in [5.41, 5.74) is -2.88. The van der Waals surface area contributed by atoms with Crippen molar-refractivity contribution in [3.63, 3.8) is 0 Å². The van der Waals surface area contributed by atoms with Crippen LogP contribution in [0.4, 0.5) is 24.5 Å². The van der Waals surface area contributed by atoms with Crippen molar-refractivity contribution in [2.45, 2.75) is 36.6 Å². The number of halogens is 3. The summed E-state index contributed by atoms with van der Waals surface area (Å²) in [7, 11) is -3.98. The molecule has 12 heteroatoms. The van der Waals surface area contributed by atoms with Gasteiger partial charge in [0.1, 0.15) is 0 Å². The van der Waals surface area contributed by atoms with Gasteiger partial charge in [-0.05, 0) is 43.7 Å². The maximum atomic E-state index is 13.1. The predicted molar refractivity (Wildman–Crippen MR) is 111 cm³/mol. The van der Waals surface area contributed by atoms with Crippen molar-refractivity contribution >= 4 is 21.4 Å². The number of aliphatic hydroxyl groups is 1. The Bertz CT molecular complexity index is 1090. The van der Waals surface area contributed by atoms with Gasteiger partial charge in [0, 0.05) is 43.5 Å². The van der Waals surface area contributed by atoms with Crippen LogP contribution in [-0.4, -0.2) is 54.6 Å². The molecule has 0 saturated carbocycles. The van der Waals surface area contributed by atoms with Crippen LogP contribution in [0.25, 0.3) is 0 Å². The Kier molecular flexibility index (Phi) is 6.24. The number of sulfonamides is 1. The molecule has 0 amide bonds. The number of piperazine rings is 1. The molecule has 1 saturated heterocycles. The van der Waals surface area contributed by atoms with E-state index in [1.165, 1.54) is 16.4 Å². The van der Waals surface area contributed by atoms with Crippen LogP contribution in [0.15, 0.2) is 53.4 Å². The lowest BCUT2D eigenvalue weighted by Crippen LogP contribution is -2.54. The van der Waals surface area contributed by atoms with E-state index in [0.717, 1.165) is 30.0 Å². The lowest BCUT2D eigenvalue weighted by molar-refractivity contribution is -0.384. The van der Waals surface area contributed by atoms with Gasteiger partial charge < -0.3 is 10.0 Å². The number of non-ortho nitro benzene ring substituents is 1. The second-order valence-corrected chi connectivity index (χ2v) is 9.67. The summed E-state index contributed by atoms with van der Waals surface area (Å²) in [6.07, 6.45) is -4.91. The van der Waals surface area contributed by atoms with E-state index in [1.54, 1.807) is 19.1 Å². The van der Waals surface area contributed by atoms with E-state index in [0.29, 0.717) is 20.0 Å². The number of hydrogen-bond donors (Lipinski definition) is 1. The van der Waals surface area contributed by atoms with Gasteiger partial charge in [0.15, 0.2) is 5.60 Å². The summed E-state index contributed by atoms with van der Waals surface area (Å²) < 4.78 is 66.5. The minimum absolute atomic E-state index is 0.0454. The van der Waals surface area contributed by atoms with Crippen LogP contribution >= 0.6 is 0 Å². The molecule has 1 heterocycles. The first-order chi connectivity index (χ1) is 14.7. The second kappa shape index (κ2) is 8.34. The van der Waals surface area contributed by atoms with Gasteiger partial charge in [-0.15, -0.1) is 0 Å². The van der Waals surface area contributed by atoms with Gasteiger partial charge in [-0.1, -0.05) is 12.1 Å². The average Bonchev–Trinajstić information content (AvgIpc) is 2.72. The van der Waals surface area contributed by atoms with Crippen molar-refractivity contribution in [3.8, 4) is 0 Å². The molecule has 1 aliphatic heterocycles. The van der Waals surface area contributed by atoms with Crippen LogP contribution in [0, 0.1) is 10.1 Å². The number of nitrogens with zero attached hydrogens (tertiary/aromatic N) is 3. The fourth-order valence-corrected chi connectivity index (χ4v) is 5.18. The largest absolute Gasteiger partial charge is 0.421 e. The molecule has 2 aromatic carbocycles. The molecule has 174 valence electrons. The van der Waals surface area contributed by atoms with E-state index in [9.17, 15) is 36.8 Å². The first-order valence-electron chi connectivity index (χ1n) is 9.66. The molecule has 32 heavy (non-hydrogen) atoms. The molecule has 2 aromatic rings. The Balaban J connectivity index is 1.76. The number of alkyl halides is 3. The van der Waals surface area contributed by atoms with E-state index in [4.69, 9.17) is 0 Å². The molecular weight excluding hydrogens is 451 g/mol. The van der Waals surface area contributed by atoms with Crippen LogP contribution in [0.1, 0.15) is 19.4 Å². The zero-order valence-electron chi connectivity index (χ0n) is 17.3. The highest BCUT2D eigenvalue weighted by atomic mass is 32.2.